The Balaban J connectivity index is 2.00. The molecule has 0 saturated carbocycles. The molecule has 0 aliphatic carbocycles. The summed E-state index contributed by atoms with van der Waals surface area (Å²) in [6.07, 6.45) is 2.59. The summed E-state index contributed by atoms with van der Waals surface area (Å²) in [5.74, 6) is 0. The van der Waals surface area contributed by atoms with Gasteiger partial charge in [0.05, 0.1) is 12.7 Å². The van der Waals surface area contributed by atoms with Crippen LogP contribution in [-0.2, 0) is 9.47 Å². The van der Waals surface area contributed by atoms with Crippen molar-refractivity contribution in [3.05, 3.63) is 0 Å². The average molecular weight is 201 g/mol. The molecule has 1 fully saturated rings. The van der Waals surface area contributed by atoms with Crippen molar-refractivity contribution in [2.75, 3.05) is 33.4 Å². The van der Waals surface area contributed by atoms with Gasteiger partial charge in [-0.15, -0.1) is 0 Å². The number of hydrogen-bond acceptors (Lipinski definition) is 3. The zero-order chi connectivity index (χ0) is 10.4. The van der Waals surface area contributed by atoms with Crippen LogP contribution in [0.4, 0.5) is 0 Å². The Morgan fingerprint density at radius 1 is 1.50 bits per heavy atom. The van der Waals surface area contributed by atoms with Gasteiger partial charge in [0.25, 0.3) is 0 Å². The van der Waals surface area contributed by atoms with Crippen LogP contribution in [0.5, 0.6) is 0 Å². The van der Waals surface area contributed by atoms with Gasteiger partial charge >= 0.3 is 0 Å². The normalized spacial score (nSPS) is 27.6. The zero-order valence-electron chi connectivity index (χ0n) is 9.66. The molecule has 0 amide bonds. The van der Waals surface area contributed by atoms with Crippen molar-refractivity contribution in [2.45, 2.75) is 38.8 Å². The SMILES string of the molecule is CCCCOCC(CN1CC1C)OC. The van der Waals surface area contributed by atoms with Crippen molar-refractivity contribution in [3.63, 3.8) is 0 Å². The highest BCUT2D eigenvalue weighted by Gasteiger charge is 2.30. The van der Waals surface area contributed by atoms with Gasteiger partial charge in [-0.2, -0.15) is 0 Å². The molecular weight excluding hydrogens is 178 g/mol. The first-order chi connectivity index (χ1) is 6.77. The van der Waals surface area contributed by atoms with Crippen molar-refractivity contribution in [1.29, 1.82) is 0 Å². The highest BCUT2D eigenvalue weighted by molar-refractivity contribution is 4.86. The molecule has 84 valence electrons. The molecule has 1 aliphatic heterocycles. The molecule has 0 aromatic heterocycles. The molecule has 3 atom stereocenters. The van der Waals surface area contributed by atoms with Gasteiger partial charge in [0.1, 0.15) is 0 Å². The quantitative estimate of drug-likeness (QED) is 0.439. The van der Waals surface area contributed by atoms with Gasteiger partial charge in [-0.1, -0.05) is 13.3 Å². The summed E-state index contributed by atoms with van der Waals surface area (Å²) in [6, 6.07) is 0.753. The lowest BCUT2D eigenvalue weighted by molar-refractivity contribution is 0.000938. The van der Waals surface area contributed by atoms with Gasteiger partial charge in [0, 0.05) is 32.8 Å². The number of unbranched alkanes of at least 4 members (excludes halogenated alkanes) is 1. The van der Waals surface area contributed by atoms with Crippen molar-refractivity contribution in [3.8, 4) is 0 Å². The Morgan fingerprint density at radius 2 is 2.21 bits per heavy atom. The van der Waals surface area contributed by atoms with E-state index in [2.05, 4.69) is 18.7 Å². The van der Waals surface area contributed by atoms with Crippen LogP contribution < -0.4 is 0 Å². The molecule has 3 unspecified atom stereocenters. The Hall–Kier alpha value is -0.120. The van der Waals surface area contributed by atoms with Gasteiger partial charge in [-0.25, -0.2) is 0 Å². The molecule has 0 aromatic carbocycles. The third-order valence-electron chi connectivity index (χ3n) is 2.71. The lowest BCUT2D eigenvalue weighted by Gasteiger charge is -2.16. The van der Waals surface area contributed by atoms with E-state index in [0.29, 0.717) is 0 Å². The summed E-state index contributed by atoms with van der Waals surface area (Å²) in [5, 5.41) is 0. The van der Waals surface area contributed by atoms with E-state index < -0.39 is 0 Å². The molecule has 0 aromatic rings. The molecule has 0 radical (unpaired) electrons. The Bertz CT molecular complexity index is 152. The molecule has 3 heteroatoms. The van der Waals surface area contributed by atoms with Crippen molar-refractivity contribution in [2.24, 2.45) is 0 Å². The van der Waals surface area contributed by atoms with Crippen LogP contribution in [0.1, 0.15) is 26.7 Å². The third kappa shape index (κ3) is 4.40. The van der Waals surface area contributed by atoms with Crippen LogP contribution in [-0.4, -0.2) is 50.5 Å². The number of methoxy groups -OCH3 is 1. The largest absolute Gasteiger partial charge is 0.379 e. The van der Waals surface area contributed by atoms with E-state index in [9.17, 15) is 0 Å². The molecule has 14 heavy (non-hydrogen) atoms. The molecule has 0 N–H and O–H groups in total. The van der Waals surface area contributed by atoms with Crippen molar-refractivity contribution >= 4 is 0 Å². The predicted molar refractivity (Wildman–Crippen MR) is 57.6 cm³/mol. The lowest BCUT2D eigenvalue weighted by Crippen LogP contribution is -2.27. The van der Waals surface area contributed by atoms with Gasteiger partial charge in [0.15, 0.2) is 0 Å². The van der Waals surface area contributed by atoms with E-state index in [1.54, 1.807) is 7.11 Å². The first-order valence-corrected chi connectivity index (χ1v) is 5.62. The van der Waals surface area contributed by atoms with Crippen LogP contribution in [0, 0.1) is 0 Å². The minimum Gasteiger partial charge on any atom is -0.379 e. The second-order valence-electron chi connectivity index (χ2n) is 4.09. The minimum absolute atomic E-state index is 0.247. The summed E-state index contributed by atoms with van der Waals surface area (Å²) in [6.45, 7) is 8.25. The van der Waals surface area contributed by atoms with Gasteiger partial charge in [-0.05, 0) is 13.3 Å². The smallest absolute Gasteiger partial charge is 0.0931 e. The molecule has 0 bridgehead atoms. The summed E-state index contributed by atoms with van der Waals surface area (Å²) < 4.78 is 10.9. The fourth-order valence-electron chi connectivity index (χ4n) is 1.46. The molecule has 1 heterocycles. The van der Waals surface area contributed by atoms with E-state index in [4.69, 9.17) is 9.47 Å². The van der Waals surface area contributed by atoms with E-state index in [1.165, 1.54) is 13.0 Å². The molecular formula is C11H23NO2. The standard InChI is InChI=1S/C11H23NO2/c1-4-5-6-14-9-11(13-3)8-12-7-10(12)2/h10-11H,4-9H2,1-3H3. The zero-order valence-corrected chi connectivity index (χ0v) is 9.66. The number of nitrogens with zero attached hydrogens (tertiary/aromatic N) is 1. The predicted octanol–water partition coefficient (Wildman–Crippen LogP) is 1.52. The van der Waals surface area contributed by atoms with Crippen LogP contribution in [0.15, 0.2) is 0 Å². The third-order valence-corrected chi connectivity index (χ3v) is 2.71. The fraction of sp³-hybridized carbons (Fsp3) is 1.00. The number of hydrogen-bond donors (Lipinski definition) is 0. The molecule has 3 nitrogen and oxygen atoms in total. The van der Waals surface area contributed by atoms with Gasteiger partial charge < -0.3 is 9.47 Å². The highest BCUT2D eigenvalue weighted by atomic mass is 16.5. The molecule has 1 aliphatic rings. The Labute approximate surface area is 87.4 Å². The first kappa shape index (κ1) is 12.0. The van der Waals surface area contributed by atoms with E-state index >= 15 is 0 Å². The van der Waals surface area contributed by atoms with Crippen LogP contribution in [0.25, 0.3) is 0 Å². The highest BCUT2D eigenvalue weighted by Crippen LogP contribution is 2.16. The Kier molecular flexibility index (Phi) is 5.45. The van der Waals surface area contributed by atoms with Crippen molar-refractivity contribution < 1.29 is 9.47 Å². The van der Waals surface area contributed by atoms with E-state index in [0.717, 1.165) is 32.2 Å². The van der Waals surface area contributed by atoms with Crippen molar-refractivity contribution in [1.82, 2.24) is 4.90 Å². The maximum atomic E-state index is 5.54. The fourth-order valence-corrected chi connectivity index (χ4v) is 1.46. The number of ether oxygens (including phenoxy) is 2. The molecule has 0 spiro atoms. The minimum atomic E-state index is 0.247. The summed E-state index contributed by atoms with van der Waals surface area (Å²) in [5.41, 5.74) is 0. The second kappa shape index (κ2) is 6.38. The van der Waals surface area contributed by atoms with Crippen LogP contribution in [0.3, 0.4) is 0 Å². The van der Waals surface area contributed by atoms with Crippen LogP contribution >= 0.6 is 0 Å². The summed E-state index contributed by atoms with van der Waals surface area (Å²) in [4.78, 5) is 2.40. The Morgan fingerprint density at radius 3 is 2.71 bits per heavy atom. The molecule has 1 saturated heterocycles. The van der Waals surface area contributed by atoms with E-state index in [1.807, 2.05) is 0 Å². The summed E-state index contributed by atoms with van der Waals surface area (Å²) >= 11 is 0. The molecule has 1 rings (SSSR count). The maximum Gasteiger partial charge on any atom is 0.0931 e. The topological polar surface area (TPSA) is 21.5 Å². The average Bonchev–Trinajstić information content (AvgIpc) is 2.87. The monoisotopic (exact) mass is 201 g/mol. The lowest BCUT2D eigenvalue weighted by atomic mass is 10.3. The first-order valence-electron chi connectivity index (χ1n) is 5.62. The second-order valence-corrected chi connectivity index (χ2v) is 4.09. The van der Waals surface area contributed by atoms with Gasteiger partial charge in [-0.3, -0.25) is 4.90 Å². The maximum absolute atomic E-state index is 5.54. The van der Waals surface area contributed by atoms with Crippen LogP contribution in [0.2, 0.25) is 0 Å². The van der Waals surface area contributed by atoms with E-state index in [-0.39, 0.29) is 6.10 Å². The van der Waals surface area contributed by atoms with Gasteiger partial charge in [0.2, 0.25) is 0 Å². The number of rotatable bonds is 8. The summed E-state index contributed by atoms with van der Waals surface area (Å²) in [7, 11) is 1.77.